The third kappa shape index (κ3) is 2.16. The second kappa shape index (κ2) is 4.49. The molecule has 1 heterocycles. The molecule has 0 radical (unpaired) electrons. The van der Waals surface area contributed by atoms with Crippen molar-refractivity contribution >= 4 is 5.91 Å². The highest BCUT2D eigenvalue weighted by Gasteiger charge is 2.07. The number of nitrogens with one attached hydrogen (secondary N) is 1. The highest BCUT2D eigenvalue weighted by Crippen LogP contribution is 2.10. The Kier molecular flexibility index (Phi) is 2.88. The normalized spacial score (nSPS) is 9.65. The van der Waals surface area contributed by atoms with E-state index < -0.39 is 0 Å². The number of nitriles is 1. The minimum atomic E-state index is -0.236. The van der Waals surface area contributed by atoms with Crippen LogP contribution in [0.2, 0.25) is 0 Å². The van der Waals surface area contributed by atoms with Gasteiger partial charge in [0.15, 0.2) is 0 Å². The van der Waals surface area contributed by atoms with E-state index in [0.717, 1.165) is 5.69 Å². The van der Waals surface area contributed by atoms with Gasteiger partial charge in [0.2, 0.25) is 0 Å². The third-order valence-electron chi connectivity index (χ3n) is 2.32. The fraction of sp³-hybridized carbons (Fsp3) is 0.0833. The number of carbonyl (C=O) groups is 1. The number of rotatable bonds is 2. The van der Waals surface area contributed by atoms with E-state index in [-0.39, 0.29) is 5.91 Å². The zero-order valence-electron chi connectivity index (χ0n) is 9.21. The van der Waals surface area contributed by atoms with Crippen molar-refractivity contribution < 1.29 is 4.79 Å². The number of carbonyl (C=O) groups excluding carboxylic acids is 1. The molecule has 2 rings (SSSR count). The van der Waals surface area contributed by atoms with Gasteiger partial charge < -0.3 is 9.88 Å². The molecule has 5 heteroatoms. The summed E-state index contributed by atoms with van der Waals surface area (Å²) in [5.74, 6) is -0.236. The van der Waals surface area contributed by atoms with Crippen molar-refractivity contribution in [3.05, 3.63) is 48.0 Å². The second-order valence-corrected chi connectivity index (χ2v) is 3.41. The summed E-state index contributed by atoms with van der Waals surface area (Å²) >= 11 is 0. The van der Waals surface area contributed by atoms with Crippen molar-refractivity contribution in [2.45, 2.75) is 0 Å². The maximum absolute atomic E-state index is 11.3. The van der Waals surface area contributed by atoms with E-state index in [1.807, 2.05) is 6.07 Å². The van der Waals surface area contributed by atoms with Gasteiger partial charge in [-0.1, -0.05) is 6.07 Å². The Balaban J connectivity index is 2.37. The fourth-order valence-corrected chi connectivity index (χ4v) is 1.45. The zero-order chi connectivity index (χ0) is 12.3. The summed E-state index contributed by atoms with van der Waals surface area (Å²) in [6.07, 6.45) is 3.16. The molecule has 0 aliphatic rings. The Hall–Kier alpha value is -2.61. The van der Waals surface area contributed by atoms with Gasteiger partial charge in [0.1, 0.15) is 12.0 Å². The molecule has 1 amide bonds. The van der Waals surface area contributed by atoms with Gasteiger partial charge in [0.25, 0.3) is 5.91 Å². The van der Waals surface area contributed by atoms with Gasteiger partial charge in [-0.2, -0.15) is 5.26 Å². The van der Waals surface area contributed by atoms with E-state index in [1.54, 1.807) is 42.3 Å². The van der Waals surface area contributed by atoms with E-state index in [4.69, 9.17) is 5.26 Å². The minimum Gasteiger partial charge on any atom is -0.354 e. The standard InChI is InChI=1S/C12H10N4O/c1-14-12(17)11-7-16(8-15-11)10-4-2-3-9(5-10)6-13/h2-5,7-8H,1H3,(H,14,17). The van der Waals surface area contributed by atoms with Crippen LogP contribution in [-0.4, -0.2) is 22.5 Å². The van der Waals surface area contributed by atoms with Gasteiger partial charge in [-0.3, -0.25) is 4.79 Å². The molecule has 2 aromatic rings. The second-order valence-electron chi connectivity index (χ2n) is 3.41. The van der Waals surface area contributed by atoms with Crippen LogP contribution in [0.1, 0.15) is 16.1 Å². The lowest BCUT2D eigenvalue weighted by molar-refractivity contribution is 0.0958. The van der Waals surface area contributed by atoms with Crippen LogP contribution in [0.5, 0.6) is 0 Å². The number of amides is 1. The lowest BCUT2D eigenvalue weighted by atomic mass is 10.2. The Morgan fingerprint density at radius 1 is 1.53 bits per heavy atom. The molecule has 17 heavy (non-hydrogen) atoms. The molecule has 0 saturated carbocycles. The molecule has 5 nitrogen and oxygen atoms in total. The summed E-state index contributed by atoms with van der Waals surface area (Å²) in [5, 5.41) is 11.3. The Labute approximate surface area is 98.3 Å². The predicted molar refractivity (Wildman–Crippen MR) is 61.7 cm³/mol. The average molecular weight is 226 g/mol. The minimum absolute atomic E-state index is 0.236. The van der Waals surface area contributed by atoms with Crippen LogP contribution < -0.4 is 5.32 Å². The highest BCUT2D eigenvalue weighted by atomic mass is 16.1. The molecule has 1 N–H and O–H groups in total. The largest absolute Gasteiger partial charge is 0.354 e. The number of hydrogen-bond acceptors (Lipinski definition) is 3. The van der Waals surface area contributed by atoms with Crippen LogP contribution in [0.15, 0.2) is 36.8 Å². The maximum Gasteiger partial charge on any atom is 0.271 e. The van der Waals surface area contributed by atoms with Crippen molar-refractivity contribution in [1.29, 1.82) is 5.26 Å². The topological polar surface area (TPSA) is 70.7 Å². The molecule has 1 aromatic carbocycles. The number of nitrogens with zero attached hydrogens (tertiary/aromatic N) is 3. The van der Waals surface area contributed by atoms with Gasteiger partial charge >= 0.3 is 0 Å². The number of imidazole rings is 1. The van der Waals surface area contributed by atoms with E-state index in [2.05, 4.69) is 16.4 Å². The lowest BCUT2D eigenvalue weighted by Gasteiger charge is -2.01. The first-order chi connectivity index (χ1) is 8.24. The molecule has 0 spiro atoms. The van der Waals surface area contributed by atoms with E-state index in [1.165, 1.54) is 0 Å². The number of benzene rings is 1. The summed E-state index contributed by atoms with van der Waals surface area (Å²) in [5.41, 5.74) is 1.71. The van der Waals surface area contributed by atoms with Crippen molar-refractivity contribution in [3.8, 4) is 11.8 Å². The Bertz CT molecular complexity index is 595. The van der Waals surface area contributed by atoms with Gasteiger partial charge in [-0.25, -0.2) is 4.98 Å². The zero-order valence-corrected chi connectivity index (χ0v) is 9.21. The molecule has 84 valence electrons. The molecule has 0 fully saturated rings. The van der Waals surface area contributed by atoms with Gasteiger partial charge in [-0.05, 0) is 18.2 Å². The van der Waals surface area contributed by atoms with Crippen molar-refractivity contribution in [1.82, 2.24) is 14.9 Å². The molecule has 0 unspecified atom stereocenters. The molecular formula is C12H10N4O. The van der Waals surface area contributed by atoms with Crippen LogP contribution >= 0.6 is 0 Å². The molecule has 0 bridgehead atoms. The highest BCUT2D eigenvalue weighted by molar-refractivity contribution is 5.91. The lowest BCUT2D eigenvalue weighted by Crippen LogP contribution is -2.17. The summed E-state index contributed by atoms with van der Waals surface area (Å²) in [4.78, 5) is 15.3. The summed E-state index contributed by atoms with van der Waals surface area (Å²) in [7, 11) is 1.55. The van der Waals surface area contributed by atoms with Crippen molar-refractivity contribution in [2.75, 3.05) is 7.05 Å². The predicted octanol–water partition coefficient (Wildman–Crippen LogP) is 1.10. The monoisotopic (exact) mass is 226 g/mol. The molecule has 0 saturated heterocycles. The van der Waals surface area contributed by atoms with Gasteiger partial charge in [0.05, 0.1) is 11.6 Å². The molecule has 0 aliphatic heterocycles. The van der Waals surface area contributed by atoms with E-state index >= 15 is 0 Å². The SMILES string of the molecule is CNC(=O)c1cn(-c2cccc(C#N)c2)cn1. The van der Waals surface area contributed by atoms with E-state index in [9.17, 15) is 4.79 Å². The summed E-state index contributed by atoms with van der Waals surface area (Å²) < 4.78 is 1.70. The number of hydrogen-bond donors (Lipinski definition) is 1. The summed E-state index contributed by atoms with van der Waals surface area (Å²) in [6.45, 7) is 0. The van der Waals surface area contributed by atoms with Crippen LogP contribution in [0.4, 0.5) is 0 Å². The molecule has 0 atom stereocenters. The first-order valence-electron chi connectivity index (χ1n) is 5.01. The van der Waals surface area contributed by atoms with E-state index in [0.29, 0.717) is 11.3 Å². The van der Waals surface area contributed by atoms with Crippen LogP contribution in [0.3, 0.4) is 0 Å². The molecular weight excluding hydrogens is 216 g/mol. The van der Waals surface area contributed by atoms with Crippen molar-refractivity contribution in [2.24, 2.45) is 0 Å². The van der Waals surface area contributed by atoms with Crippen LogP contribution in [-0.2, 0) is 0 Å². The Morgan fingerprint density at radius 3 is 3.06 bits per heavy atom. The molecule has 0 aliphatic carbocycles. The van der Waals surface area contributed by atoms with Gasteiger partial charge in [-0.15, -0.1) is 0 Å². The van der Waals surface area contributed by atoms with Crippen molar-refractivity contribution in [3.63, 3.8) is 0 Å². The smallest absolute Gasteiger partial charge is 0.271 e. The van der Waals surface area contributed by atoms with Crippen LogP contribution in [0, 0.1) is 11.3 Å². The first-order valence-corrected chi connectivity index (χ1v) is 5.01. The summed E-state index contributed by atoms with van der Waals surface area (Å²) in [6, 6.07) is 9.15. The Morgan fingerprint density at radius 2 is 2.35 bits per heavy atom. The number of aromatic nitrogens is 2. The van der Waals surface area contributed by atoms with Gasteiger partial charge in [0, 0.05) is 18.9 Å². The fourth-order valence-electron chi connectivity index (χ4n) is 1.45. The third-order valence-corrected chi connectivity index (χ3v) is 2.32. The average Bonchev–Trinajstić information content (AvgIpc) is 2.87. The molecule has 1 aromatic heterocycles. The van der Waals surface area contributed by atoms with Crippen LogP contribution in [0.25, 0.3) is 5.69 Å². The quantitative estimate of drug-likeness (QED) is 0.833. The maximum atomic E-state index is 11.3. The first kappa shape index (κ1) is 10.9.